The third-order valence-corrected chi connectivity index (χ3v) is 7.40. The van der Waals surface area contributed by atoms with Crippen LogP contribution in [0.15, 0.2) is 48.5 Å². The predicted octanol–water partition coefficient (Wildman–Crippen LogP) is 4.39. The molecule has 3 aliphatic rings. The number of carbonyl (C=O) groups excluding carboxylic acids is 3. The van der Waals surface area contributed by atoms with Crippen molar-refractivity contribution >= 4 is 34.8 Å². The Morgan fingerprint density at radius 3 is 2.50 bits per heavy atom. The minimum absolute atomic E-state index is 0.0400. The van der Waals surface area contributed by atoms with Crippen LogP contribution in [0.3, 0.4) is 0 Å². The Morgan fingerprint density at radius 2 is 1.74 bits per heavy atom. The highest BCUT2D eigenvalue weighted by Gasteiger charge is 2.52. The van der Waals surface area contributed by atoms with E-state index in [9.17, 15) is 14.4 Å². The minimum Gasteiger partial charge on any atom is -0.372 e. The van der Waals surface area contributed by atoms with Crippen LogP contribution in [0, 0.1) is 0 Å². The Labute approximate surface area is 200 Å². The quantitative estimate of drug-likeness (QED) is 0.694. The fourth-order valence-corrected chi connectivity index (χ4v) is 5.57. The van der Waals surface area contributed by atoms with Crippen molar-refractivity contribution in [3.05, 3.63) is 54.1 Å². The van der Waals surface area contributed by atoms with Crippen LogP contribution in [0.5, 0.6) is 0 Å². The third kappa shape index (κ3) is 4.04. The van der Waals surface area contributed by atoms with Crippen molar-refractivity contribution in [1.29, 1.82) is 0 Å². The van der Waals surface area contributed by atoms with Gasteiger partial charge in [-0.05, 0) is 75.4 Å². The van der Waals surface area contributed by atoms with Crippen molar-refractivity contribution in [3.8, 4) is 0 Å². The molecule has 3 amide bonds. The van der Waals surface area contributed by atoms with E-state index in [2.05, 4.69) is 22.3 Å². The van der Waals surface area contributed by atoms with E-state index in [1.165, 1.54) is 24.9 Å². The zero-order chi connectivity index (χ0) is 23.7. The fraction of sp³-hybridized carbons (Fsp3) is 0.444. The van der Waals surface area contributed by atoms with Gasteiger partial charge in [-0.25, -0.2) is 0 Å². The SMILES string of the molecule is CC12CCC(=O)N1c1ccccc1C(=O)N2CCCC(=O)Nc1ccc(N2CCCCC2)cc1. The standard InChI is InChI=1S/C27H32N4O3/c1-27-16-15-25(33)31(27)23-9-4-3-8-22(23)26(34)30(27)19-7-10-24(32)28-20-11-13-21(14-12-20)29-17-5-2-6-18-29/h3-4,8-9,11-14H,2,5-7,10,15-19H2,1H3,(H,28,32). The molecule has 2 aromatic carbocycles. The zero-order valence-corrected chi connectivity index (χ0v) is 19.8. The molecule has 1 atom stereocenters. The van der Waals surface area contributed by atoms with E-state index < -0.39 is 5.66 Å². The first kappa shape index (κ1) is 22.4. The smallest absolute Gasteiger partial charge is 0.257 e. The van der Waals surface area contributed by atoms with Crippen LogP contribution < -0.4 is 15.1 Å². The number of anilines is 3. The molecular weight excluding hydrogens is 428 g/mol. The first-order valence-corrected chi connectivity index (χ1v) is 12.4. The number of hydrogen-bond acceptors (Lipinski definition) is 4. The number of nitrogens with one attached hydrogen (secondary N) is 1. The number of para-hydroxylation sites is 1. The van der Waals surface area contributed by atoms with Gasteiger partial charge >= 0.3 is 0 Å². The van der Waals surface area contributed by atoms with Gasteiger partial charge in [0, 0.05) is 43.9 Å². The number of piperidine rings is 1. The number of amides is 3. The van der Waals surface area contributed by atoms with Crippen molar-refractivity contribution in [1.82, 2.24) is 4.90 Å². The molecule has 178 valence electrons. The Balaban J connectivity index is 1.19. The minimum atomic E-state index is -0.677. The van der Waals surface area contributed by atoms with Crippen molar-refractivity contribution < 1.29 is 14.4 Å². The summed E-state index contributed by atoms with van der Waals surface area (Å²) in [5.74, 6) is -0.101. The molecule has 3 heterocycles. The molecule has 0 bridgehead atoms. The van der Waals surface area contributed by atoms with Crippen molar-refractivity contribution in [3.63, 3.8) is 0 Å². The first-order chi connectivity index (χ1) is 16.5. The summed E-state index contributed by atoms with van der Waals surface area (Å²) in [6, 6.07) is 15.3. The van der Waals surface area contributed by atoms with Gasteiger partial charge in [-0.2, -0.15) is 0 Å². The number of carbonyl (C=O) groups is 3. The van der Waals surface area contributed by atoms with Gasteiger partial charge in [-0.3, -0.25) is 19.3 Å². The number of nitrogens with zero attached hydrogens (tertiary/aromatic N) is 3. The average molecular weight is 461 g/mol. The lowest BCUT2D eigenvalue weighted by atomic mass is 9.98. The Bertz CT molecular complexity index is 1090. The third-order valence-electron chi connectivity index (χ3n) is 7.40. The van der Waals surface area contributed by atoms with Gasteiger partial charge in [0.15, 0.2) is 0 Å². The molecule has 2 fully saturated rings. The maximum Gasteiger partial charge on any atom is 0.257 e. The number of fused-ring (bicyclic) bond motifs is 3. The second-order valence-corrected chi connectivity index (χ2v) is 9.67. The van der Waals surface area contributed by atoms with E-state index in [4.69, 9.17) is 0 Å². The normalized spacial score (nSPS) is 22.0. The molecule has 7 nitrogen and oxygen atoms in total. The maximum absolute atomic E-state index is 13.3. The second kappa shape index (κ2) is 9.12. The summed E-state index contributed by atoms with van der Waals surface area (Å²) in [4.78, 5) is 44.5. The van der Waals surface area contributed by atoms with Gasteiger partial charge in [0.25, 0.3) is 5.91 Å². The fourth-order valence-electron chi connectivity index (χ4n) is 5.57. The molecule has 1 N–H and O–H groups in total. The van der Waals surface area contributed by atoms with Gasteiger partial charge in [0.05, 0.1) is 11.3 Å². The molecule has 0 aliphatic carbocycles. The maximum atomic E-state index is 13.3. The summed E-state index contributed by atoms with van der Waals surface area (Å²) < 4.78 is 0. The number of rotatable bonds is 6. The summed E-state index contributed by atoms with van der Waals surface area (Å²) in [7, 11) is 0. The van der Waals surface area contributed by atoms with Gasteiger partial charge < -0.3 is 15.1 Å². The zero-order valence-electron chi connectivity index (χ0n) is 19.8. The molecule has 1 unspecified atom stereocenters. The summed E-state index contributed by atoms with van der Waals surface area (Å²) in [5, 5.41) is 2.97. The van der Waals surface area contributed by atoms with Crippen molar-refractivity contribution in [2.75, 3.05) is 34.8 Å². The molecule has 3 aliphatic heterocycles. The van der Waals surface area contributed by atoms with Gasteiger partial charge in [-0.15, -0.1) is 0 Å². The van der Waals surface area contributed by atoms with Crippen LogP contribution >= 0.6 is 0 Å². The molecule has 2 saturated heterocycles. The molecular formula is C27H32N4O3. The van der Waals surface area contributed by atoms with E-state index >= 15 is 0 Å². The molecule has 0 saturated carbocycles. The molecule has 7 heteroatoms. The van der Waals surface area contributed by atoms with Gasteiger partial charge in [-0.1, -0.05) is 12.1 Å². The van der Waals surface area contributed by atoms with Crippen LogP contribution in [0.1, 0.15) is 62.2 Å². The highest BCUT2D eigenvalue weighted by Crippen LogP contribution is 2.44. The van der Waals surface area contributed by atoms with Crippen molar-refractivity contribution in [2.24, 2.45) is 0 Å². The average Bonchev–Trinajstić information content (AvgIpc) is 3.17. The van der Waals surface area contributed by atoms with Gasteiger partial charge in [0.2, 0.25) is 11.8 Å². The number of hydrogen-bond donors (Lipinski definition) is 1. The Kier molecular flexibility index (Phi) is 6.02. The molecule has 0 spiro atoms. The topological polar surface area (TPSA) is 73.0 Å². The van der Waals surface area contributed by atoms with E-state index in [1.54, 1.807) is 15.9 Å². The van der Waals surface area contributed by atoms with E-state index in [0.29, 0.717) is 43.5 Å². The Morgan fingerprint density at radius 1 is 1.00 bits per heavy atom. The van der Waals surface area contributed by atoms with E-state index in [1.807, 2.05) is 37.3 Å². The molecule has 0 aromatic heterocycles. The van der Waals surface area contributed by atoms with Crippen LogP contribution in [0.4, 0.5) is 17.1 Å². The van der Waals surface area contributed by atoms with Crippen LogP contribution in [-0.4, -0.2) is 47.9 Å². The second-order valence-electron chi connectivity index (χ2n) is 9.67. The summed E-state index contributed by atoms with van der Waals surface area (Å²) in [6.45, 7) is 4.56. The van der Waals surface area contributed by atoms with Gasteiger partial charge in [0.1, 0.15) is 5.66 Å². The van der Waals surface area contributed by atoms with E-state index in [-0.39, 0.29) is 17.7 Å². The molecule has 0 radical (unpaired) electrons. The molecule has 2 aromatic rings. The van der Waals surface area contributed by atoms with Crippen LogP contribution in [0.2, 0.25) is 0 Å². The van der Waals surface area contributed by atoms with Crippen molar-refractivity contribution in [2.45, 2.75) is 57.5 Å². The van der Waals surface area contributed by atoms with Crippen LogP contribution in [-0.2, 0) is 9.59 Å². The van der Waals surface area contributed by atoms with E-state index in [0.717, 1.165) is 18.8 Å². The van der Waals surface area contributed by atoms with Crippen LogP contribution in [0.25, 0.3) is 0 Å². The molecule has 34 heavy (non-hydrogen) atoms. The largest absolute Gasteiger partial charge is 0.372 e. The lowest BCUT2D eigenvalue weighted by Crippen LogP contribution is -2.62. The highest BCUT2D eigenvalue weighted by molar-refractivity contribution is 6.10. The number of benzene rings is 2. The summed E-state index contributed by atoms with van der Waals surface area (Å²) >= 11 is 0. The lowest BCUT2D eigenvalue weighted by Gasteiger charge is -2.48. The summed E-state index contributed by atoms with van der Waals surface area (Å²) in [5.41, 5.74) is 2.55. The highest BCUT2D eigenvalue weighted by atomic mass is 16.2. The monoisotopic (exact) mass is 460 g/mol. The Hall–Kier alpha value is -3.35. The summed E-state index contributed by atoms with van der Waals surface area (Å²) in [6.07, 6.45) is 5.62. The first-order valence-electron chi connectivity index (χ1n) is 12.4. The lowest BCUT2D eigenvalue weighted by molar-refractivity contribution is -0.118. The predicted molar refractivity (Wildman–Crippen MR) is 133 cm³/mol. The molecule has 5 rings (SSSR count).